The number of rotatable bonds is 5. The summed E-state index contributed by atoms with van der Waals surface area (Å²) in [6.07, 6.45) is -0.784. The van der Waals surface area contributed by atoms with Crippen LogP contribution >= 0.6 is 23.2 Å². The van der Waals surface area contributed by atoms with Gasteiger partial charge in [0.15, 0.2) is 6.10 Å². The Morgan fingerprint density at radius 2 is 1.69 bits per heavy atom. The summed E-state index contributed by atoms with van der Waals surface area (Å²) in [5, 5.41) is 3.63. The van der Waals surface area contributed by atoms with Gasteiger partial charge >= 0.3 is 5.97 Å². The molecule has 138 valence electrons. The van der Waals surface area contributed by atoms with Crippen molar-refractivity contribution in [1.29, 1.82) is 0 Å². The summed E-state index contributed by atoms with van der Waals surface area (Å²) < 4.78 is 10.4. The maximum Gasteiger partial charge on any atom is 0.337 e. The zero-order valence-electron chi connectivity index (χ0n) is 14.9. The summed E-state index contributed by atoms with van der Waals surface area (Å²) in [6, 6.07) is 8.02. The van der Waals surface area contributed by atoms with E-state index in [2.05, 4.69) is 10.1 Å². The Labute approximate surface area is 162 Å². The molecule has 0 radical (unpaired) electrons. The number of ether oxygens (including phenoxy) is 2. The summed E-state index contributed by atoms with van der Waals surface area (Å²) in [6.45, 7) is 5.35. The van der Waals surface area contributed by atoms with Crippen LogP contribution in [0.4, 0.5) is 5.69 Å². The normalized spacial score (nSPS) is 11.6. The number of halogens is 2. The lowest BCUT2D eigenvalue weighted by atomic mass is 10.1. The Morgan fingerprint density at radius 1 is 1.08 bits per heavy atom. The molecule has 1 N–H and O–H groups in total. The van der Waals surface area contributed by atoms with Crippen LogP contribution in [0.15, 0.2) is 30.3 Å². The van der Waals surface area contributed by atoms with E-state index < -0.39 is 18.0 Å². The van der Waals surface area contributed by atoms with Crippen LogP contribution in [-0.2, 0) is 9.53 Å². The molecule has 26 heavy (non-hydrogen) atoms. The second-order valence-corrected chi connectivity index (χ2v) is 6.59. The van der Waals surface area contributed by atoms with Crippen molar-refractivity contribution in [2.45, 2.75) is 26.9 Å². The van der Waals surface area contributed by atoms with Gasteiger partial charge in [-0.05, 0) is 62.2 Å². The van der Waals surface area contributed by atoms with Crippen molar-refractivity contribution >= 4 is 40.8 Å². The molecule has 0 aliphatic carbocycles. The monoisotopic (exact) mass is 395 g/mol. The zero-order valence-corrected chi connectivity index (χ0v) is 16.4. The molecule has 1 amide bonds. The molecule has 0 aliphatic rings. The highest BCUT2D eigenvalue weighted by molar-refractivity contribution is 6.34. The van der Waals surface area contributed by atoms with Crippen LogP contribution in [0.1, 0.15) is 28.4 Å². The predicted octanol–water partition coefficient (Wildman–Crippen LogP) is 4.80. The fourth-order valence-electron chi connectivity index (χ4n) is 2.33. The van der Waals surface area contributed by atoms with E-state index in [0.29, 0.717) is 21.5 Å². The van der Waals surface area contributed by atoms with Crippen molar-refractivity contribution < 1.29 is 19.1 Å². The van der Waals surface area contributed by atoms with Gasteiger partial charge in [0.25, 0.3) is 5.91 Å². The van der Waals surface area contributed by atoms with E-state index in [0.717, 1.165) is 11.1 Å². The highest BCUT2D eigenvalue weighted by Crippen LogP contribution is 2.27. The van der Waals surface area contributed by atoms with Crippen molar-refractivity contribution in [2.24, 2.45) is 0 Å². The molecular formula is C19H19Cl2NO4. The fraction of sp³-hybridized carbons (Fsp3) is 0.263. The number of nitrogens with one attached hydrogen (secondary N) is 1. The van der Waals surface area contributed by atoms with Gasteiger partial charge < -0.3 is 14.8 Å². The van der Waals surface area contributed by atoms with Crippen LogP contribution in [0.2, 0.25) is 10.0 Å². The standard InChI is InChI=1S/C19H19Cl2NO4/c1-10-7-14(8-11(2)17(10)21)26-12(3)18(23)22-16-9-13(19(24)25-4)5-6-15(16)20/h5-9,12H,1-4H3,(H,22,23)/t12-/m1/s1. The van der Waals surface area contributed by atoms with Gasteiger partial charge in [0.05, 0.1) is 23.4 Å². The summed E-state index contributed by atoms with van der Waals surface area (Å²) in [5.41, 5.74) is 2.31. The minimum Gasteiger partial charge on any atom is -0.481 e. The first-order valence-electron chi connectivity index (χ1n) is 7.85. The van der Waals surface area contributed by atoms with Gasteiger partial charge in [-0.15, -0.1) is 0 Å². The van der Waals surface area contributed by atoms with Crippen molar-refractivity contribution in [2.75, 3.05) is 12.4 Å². The van der Waals surface area contributed by atoms with Crippen molar-refractivity contribution in [1.82, 2.24) is 0 Å². The number of benzene rings is 2. The first kappa shape index (κ1) is 20.1. The SMILES string of the molecule is COC(=O)c1ccc(Cl)c(NC(=O)[C@@H](C)Oc2cc(C)c(Cl)c(C)c2)c1. The van der Waals surface area contributed by atoms with Crippen LogP contribution < -0.4 is 10.1 Å². The van der Waals surface area contributed by atoms with Crippen LogP contribution in [0, 0.1) is 13.8 Å². The Morgan fingerprint density at radius 3 is 2.27 bits per heavy atom. The van der Waals surface area contributed by atoms with E-state index in [4.69, 9.17) is 27.9 Å². The van der Waals surface area contributed by atoms with E-state index >= 15 is 0 Å². The lowest BCUT2D eigenvalue weighted by Gasteiger charge is -2.17. The third-order valence-corrected chi connectivity index (χ3v) is 4.66. The van der Waals surface area contributed by atoms with Crippen molar-refractivity contribution in [3.05, 3.63) is 57.1 Å². The third kappa shape index (κ3) is 4.68. The number of esters is 1. The third-order valence-electron chi connectivity index (χ3n) is 3.74. The van der Waals surface area contributed by atoms with Gasteiger partial charge in [0, 0.05) is 5.02 Å². The van der Waals surface area contributed by atoms with Gasteiger partial charge in [0.2, 0.25) is 0 Å². The van der Waals surface area contributed by atoms with Crippen LogP contribution in [-0.4, -0.2) is 25.1 Å². The Hall–Kier alpha value is -2.24. The molecule has 0 aliphatic heterocycles. The second-order valence-electron chi connectivity index (χ2n) is 5.81. The number of hydrogen-bond acceptors (Lipinski definition) is 4. The number of carbonyl (C=O) groups excluding carboxylic acids is 2. The molecule has 1 atom stereocenters. The molecule has 2 rings (SSSR count). The highest BCUT2D eigenvalue weighted by atomic mass is 35.5. The average Bonchev–Trinajstić information content (AvgIpc) is 2.60. The Bertz CT molecular complexity index is 828. The molecule has 0 aromatic heterocycles. The number of methoxy groups -OCH3 is 1. The molecule has 0 saturated carbocycles. The van der Waals surface area contributed by atoms with Crippen molar-refractivity contribution in [3.63, 3.8) is 0 Å². The maximum absolute atomic E-state index is 12.4. The zero-order chi connectivity index (χ0) is 19.4. The van der Waals surface area contributed by atoms with Gasteiger partial charge in [-0.2, -0.15) is 0 Å². The minimum atomic E-state index is -0.784. The summed E-state index contributed by atoms with van der Waals surface area (Å²) in [7, 11) is 1.28. The van der Waals surface area contributed by atoms with E-state index in [1.54, 1.807) is 19.1 Å². The molecule has 2 aromatic carbocycles. The molecule has 0 heterocycles. The molecule has 5 nitrogen and oxygen atoms in total. The number of carbonyl (C=O) groups is 2. The van der Waals surface area contributed by atoms with Gasteiger partial charge in [-0.1, -0.05) is 23.2 Å². The molecule has 0 unspecified atom stereocenters. The fourth-order valence-corrected chi connectivity index (χ4v) is 2.61. The van der Waals surface area contributed by atoms with E-state index in [9.17, 15) is 9.59 Å². The first-order valence-corrected chi connectivity index (χ1v) is 8.60. The molecule has 7 heteroatoms. The van der Waals surface area contributed by atoms with Crippen LogP contribution in [0.25, 0.3) is 0 Å². The van der Waals surface area contributed by atoms with E-state index in [-0.39, 0.29) is 5.56 Å². The summed E-state index contributed by atoms with van der Waals surface area (Å²) in [4.78, 5) is 24.0. The summed E-state index contributed by atoms with van der Waals surface area (Å²) >= 11 is 12.2. The number of amides is 1. The number of aryl methyl sites for hydroxylation is 2. The second kappa shape index (κ2) is 8.43. The largest absolute Gasteiger partial charge is 0.481 e. The van der Waals surface area contributed by atoms with Gasteiger partial charge in [-0.3, -0.25) is 4.79 Å². The average molecular weight is 396 g/mol. The highest BCUT2D eigenvalue weighted by Gasteiger charge is 2.18. The molecule has 0 saturated heterocycles. The number of anilines is 1. The molecule has 0 fully saturated rings. The maximum atomic E-state index is 12.4. The van der Waals surface area contributed by atoms with E-state index in [1.807, 2.05) is 13.8 Å². The topological polar surface area (TPSA) is 64.6 Å². The van der Waals surface area contributed by atoms with E-state index in [1.165, 1.54) is 25.3 Å². The quantitative estimate of drug-likeness (QED) is 0.738. The van der Waals surface area contributed by atoms with Crippen LogP contribution in [0.3, 0.4) is 0 Å². The minimum absolute atomic E-state index is 0.282. The lowest BCUT2D eigenvalue weighted by molar-refractivity contribution is -0.122. The van der Waals surface area contributed by atoms with Crippen LogP contribution in [0.5, 0.6) is 5.75 Å². The predicted molar refractivity (Wildman–Crippen MR) is 102 cm³/mol. The summed E-state index contributed by atoms with van der Waals surface area (Å²) in [5.74, 6) is -0.380. The smallest absolute Gasteiger partial charge is 0.337 e. The van der Waals surface area contributed by atoms with Gasteiger partial charge in [-0.25, -0.2) is 4.79 Å². The number of hydrogen-bond donors (Lipinski definition) is 1. The molecule has 0 bridgehead atoms. The first-order chi connectivity index (χ1) is 12.2. The van der Waals surface area contributed by atoms with Gasteiger partial charge in [0.1, 0.15) is 5.75 Å². The Kier molecular flexibility index (Phi) is 6.51. The van der Waals surface area contributed by atoms with Crippen molar-refractivity contribution in [3.8, 4) is 5.75 Å². The molecular weight excluding hydrogens is 377 g/mol. The molecule has 2 aromatic rings. The lowest BCUT2D eigenvalue weighted by Crippen LogP contribution is -2.30. The molecule has 0 spiro atoms. The Balaban J connectivity index is 2.13.